The van der Waals surface area contributed by atoms with Crippen molar-refractivity contribution < 1.29 is 0 Å². The van der Waals surface area contributed by atoms with Crippen molar-refractivity contribution in [3.05, 3.63) is 173 Å². The lowest BCUT2D eigenvalue weighted by Gasteiger charge is -2.56. The molecule has 4 heteroatoms. The fraction of sp³-hybridized carbons (Fsp3) is 0.382. The van der Waals surface area contributed by atoms with E-state index in [1.165, 1.54) is 113 Å². The number of nitrogens with zero attached hydrogens (tertiary/aromatic N) is 3. The summed E-state index contributed by atoms with van der Waals surface area (Å²) in [5.41, 5.74) is 24.5. The summed E-state index contributed by atoms with van der Waals surface area (Å²) in [7, 11) is 0. The Hall–Kier alpha value is -6.00. The summed E-state index contributed by atoms with van der Waals surface area (Å²) < 4.78 is 0. The number of anilines is 8. The van der Waals surface area contributed by atoms with E-state index in [2.05, 4.69) is 272 Å². The summed E-state index contributed by atoms with van der Waals surface area (Å²) in [4.78, 5) is 8.12. The Morgan fingerprint density at radius 3 is 1.51 bits per heavy atom. The molecule has 2 atom stereocenters. The SMILES string of the molecule is CC(C)(C)c1cccc(N2c3cc(C(C)(C)C)ccc3B3c4cc(C(C)(C)C)ccc4N(c4ccc(C(C)(C)C)cc4-c4ccccc4)c4cc(N5c6ccc(C(C)(C)C)cc6C6(C)CCC56C)cc2c43)c1. The van der Waals surface area contributed by atoms with Crippen LogP contribution in [-0.4, -0.2) is 12.3 Å². The molecule has 1 aliphatic carbocycles. The van der Waals surface area contributed by atoms with Gasteiger partial charge in [0.05, 0.1) is 11.2 Å². The van der Waals surface area contributed by atoms with Crippen molar-refractivity contribution in [1.29, 1.82) is 0 Å². The number of fused-ring (bicyclic) bond motifs is 7. The minimum atomic E-state index is -0.113. The summed E-state index contributed by atoms with van der Waals surface area (Å²) in [6.07, 6.45) is 2.30. The molecule has 11 rings (SSSR count). The van der Waals surface area contributed by atoms with E-state index in [0.717, 1.165) is 6.42 Å². The topological polar surface area (TPSA) is 9.72 Å². The maximum atomic E-state index is 2.78. The van der Waals surface area contributed by atoms with Gasteiger partial charge in [0.2, 0.25) is 0 Å². The molecule has 0 bridgehead atoms. The Kier molecular flexibility index (Phi) is 10.6. The number of hydrogen-bond acceptors (Lipinski definition) is 3. The first-order chi connectivity index (χ1) is 33.6. The molecule has 7 aromatic rings. The average Bonchev–Trinajstić information content (AvgIpc) is 3.44. The molecule has 3 heterocycles. The molecule has 1 saturated carbocycles. The zero-order valence-electron chi connectivity index (χ0n) is 46.6. The molecule has 1 fully saturated rings. The van der Waals surface area contributed by atoms with Gasteiger partial charge in [0.1, 0.15) is 0 Å². The summed E-state index contributed by atoms with van der Waals surface area (Å²) >= 11 is 0. The van der Waals surface area contributed by atoms with Crippen molar-refractivity contribution in [3.8, 4) is 11.1 Å². The molecule has 7 aromatic carbocycles. The molecule has 72 heavy (non-hydrogen) atoms. The van der Waals surface area contributed by atoms with E-state index in [9.17, 15) is 0 Å². The second-order valence-electron chi connectivity index (χ2n) is 27.6. The van der Waals surface area contributed by atoms with Crippen LogP contribution in [0.5, 0.6) is 0 Å². The number of benzene rings is 7. The highest BCUT2D eigenvalue weighted by molar-refractivity contribution is 7.00. The normalized spacial score (nSPS) is 19.3. The smallest absolute Gasteiger partial charge is 0.252 e. The quantitative estimate of drug-likeness (QED) is 0.163. The van der Waals surface area contributed by atoms with Crippen molar-refractivity contribution in [2.75, 3.05) is 14.7 Å². The molecule has 2 unspecified atom stereocenters. The van der Waals surface area contributed by atoms with Gasteiger partial charge in [-0.05, 0) is 157 Å². The van der Waals surface area contributed by atoms with Crippen molar-refractivity contribution in [3.63, 3.8) is 0 Å². The van der Waals surface area contributed by atoms with Crippen molar-refractivity contribution in [1.82, 2.24) is 0 Å². The molecule has 368 valence electrons. The zero-order chi connectivity index (χ0) is 51.5. The third-order valence-electron chi connectivity index (χ3n) is 17.7. The number of hydrogen-bond donors (Lipinski definition) is 0. The van der Waals surface area contributed by atoms with Gasteiger partial charge in [-0.25, -0.2) is 0 Å². The van der Waals surface area contributed by atoms with E-state index in [1.807, 2.05) is 0 Å². The zero-order valence-corrected chi connectivity index (χ0v) is 46.6. The van der Waals surface area contributed by atoms with E-state index < -0.39 is 0 Å². The highest BCUT2D eigenvalue weighted by atomic mass is 15.3. The van der Waals surface area contributed by atoms with Crippen LogP contribution < -0.4 is 31.1 Å². The molecular weight excluding hydrogens is 870 g/mol. The maximum absolute atomic E-state index is 2.78. The molecule has 0 amide bonds. The predicted octanol–water partition coefficient (Wildman–Crippen LogP) is 16.9. The third-order valence-corrected chi connectivity index (χ3v) is 17.7. The van der Waals surface area contributed by atoms with Gasteiger partial charge in [-0.15, -0.1) is 0 Å². The van der Waals surface area contributed by atoms with Crippen LogP contribution in [-0.2, 0) is 32.5 Å². The monoisotopic (exact) mass is 948 g/mol. The summed E-state index contributed by atoms with van der Waals surface area (Å²) in [6.45, 7) is 40.4. The molecule has 0 radical (unpaired) electrons. The van der Waals surface area contributed by atoms with Crippen LogP contribution in [0, 0.1) is 0 Å². The molecule has 0 saturated heterocycles. The van der Waals surface area contributed by atoms with E-state index >= 15 is 0 Å². The second-order valence-corrected chi connectivity index (χ2v) is 27.6. The van der Waals surface area contributed by atoms with Crippen molar-refractivity contribution in [2.45, 2.75) is 169 Å². The van der Waals surface area contributed by atoms with Gasteiger partial charge in [-0.3, -0.25) is 0 Å². The molecule has 0 spiro atoms. The van der Waals surface area contributed by atoms with Crippen molar-refractivity contribution >= 4 is 68.6 Å². The maximum Gasteiger partial charge on any atom is 0.252 e. The summed E-state index contributed by atoms with van der Waals surface area (Å²) in [5, 5.41) is 0. The Morgan fingerprint density at radius 1 is 0.389 bits per heavy atom. The van der Waals surface area contributed by atoms with Gasteiger partial charge in [-0.2, -0.15) is 0 Å². The summed E-state index contributed by atoms with van der Waals surface area (Å²) in [6, 6.07) is 55.4. The molecule has 3 aliphatic heterocycles. The average molecular weight is 948 g/mol. The Morgan fingerprint density at radius 2 is 0.917 bits per heavy atom. The summed E-state index contributed by atoms with van der Waals surface area (Å²) in [5.74, 6) is 0. The van der Waals surface area contributed by atoms with Gasteiger partial charge in [0, 0.05) is 50.8 Å². The molecule has 0 aromatic heterocycles. The minimum absolute atomic E-state index is 0.00705. The molecule has 4 aliphatic rings. The van der Waals surface area contributed by atoms with Crippen LogP contribution in [0.3, 0.4) is 0 Å². The van der Waals surface area contributed by atoms with Crippen molar-refractivity contribution in [2.24, 2.45) is 0 Å². The van der Waals surface area contributed by atoms with E-state index in [-0.39, 0.29) is 44.7 Å². The lowest BCUT2D eigenvalue weighted by Crippen LogP contribution is -2.62. The van der Waals surface area contributed by atoms with Crippen LogP contribution in [0.15, 0.2) is 140 Å². The van der Waals surface area contributed by atoms with Crippen LogP contribution in [0.25, 0.3) is 11.1 Å². The van der Waals surface area contributed by atoms with E-state index in [1.54, 1.807) is 0 Å². The molecule has 3 nitrogen and oxygen atoms in total. The standard InChI is InChI=1S/C68H78BN3/c1-62(2,3)44-24-21-25-49(36-44)70-58-40-48(66(13,14)15)26-30-53(58)69-54-39-47(65(10,11)12)29-33-57(54)71(55-31-27-45(63(4,5)6)37-51(55)43-22-19-18-20-23-43)60-42-50(41-59(70)61(60)69)72-56-32-28-46(64(7,8)9)38-52(56)67(16)34-35-68(67,72)17/h18-33,36-42H,34-35H2,1-17H3. The Balaban J connectivity index is 1.30. The lowest BCUT2D eigenvalue weighted by atomic mass is 9.33. The van der Waals surface area contributed by atoms with Gasteiger partial charge >= 0.3 is 0 Å². The molecule has 0 N–H and O–H groups in total. The third kappa shape index (κ3) is 7.34. The van der Waals surface area contributed by atoms with Gasteiger partial charge < -0.3 is 14.7 Å². The lowest BCUT2D eigenvalue weighted by molar-refractivity contribution is 0.133. The first kappa shape index (κ1) is 48.3. The second kappa shape index (κ2) is 15.8. The van der Waals surface area contributed by atoms with Gasteiger partial charge in [0.15, 0.2) is 0 Å². The first-order valence-electron chi connectivity index (χ1n) is 26.9. The number of rotatable bonds is 4. The van der Waals surface area contributed by atoms with Crippen LogP contribution >= 0.6 is 0 Å². The largest absolute Gasteiger partial charge is 0.334 e. The van der Waals surface area contributed by atoms with Gasteiger partial charge in [-0.1, -0.05) is 196 Å². The fourth-order valence-electron chi connectivity index (χ4n) is 12.7. The first-order valence-corrected chi connectivity index (χ1v) is 26.9. The Bertz CT molecular complexity index is 3330. The highest BCUT2D eigenvalue weighted by Gasteiger charge is 2.63. The molecular formula is C68H78BN3. The van der Waals surface area contributed by atoms with E-state index in [4.69, 9.17) is 0 Å². The Labute approximate surface area is 433 Å². The van der Waals surface area contributed by atoms with Gasteiger partial charge in [0.25, 0.3) is 6.71 Å². The predicted molar refractivity (Wildman–Crippen MR) is 313 cm³/mol. The fourth-order valence-corrected chi connectivity index (χ4v) is 12.7. The van der Waals surface area contributed by atoms with Crippen LogP contribution in [0.4, 0.5) is 45.5 Å². The van der Waals surface area contributed by atoms with Crippen LogP contribution in [0.2, 0.25) is 0 Å². The van der Waals surface area contributed by atoms with E-state index in [0.29, 0.717) is 0 Å². The minimum Gasteiger partial charge on any atom is -0.334 e. The van der Waals surface area contributed by atoms with Crippen LogP contribution in [0.1, 0.15) is 164 Å². The highest BCUT2D eigenvalue weighted by Crippen LogP contribution is 2.66.